The number of carbonyl (C=O) groups is 2. The molecule has 0 bridgehead atoms. The standard InChI is InChI=1S/C11H22N2O6S/c1-8(2)3-4-13(5-6-20(17,18)19)11(16)9(12)7-10(14)15/h8-9H,3-7,12H2,1-2H3,(H,14,15)(H,17,18,19). The van der Waals surface area contributed by atoms with Crippen molar-refractivity contribution in [3.05, 3.63) is 0 Å². The van der Waals surface area contributed by atoms with E-state index < -0.39 is 40.2 Å². The summed E-state index contributed by atoms with van der Waals surface area (Å²) in [6.07, 6.45) is 0.0971. The van der Waals surface area contributed by atoms with Crippen LogP contribution in [0.2, 0.25) is 0 Å². The van der Waals surface area contributed by atoms with Gasteiger partial charge < -0.3 is 15.7 Å². The summed E-state index contributed by atoms with van der Waals surface area (Å²) >= 11 is 0. The quantitative estimate of drug-likeness (QED) is 0.490. The van der Waals surface area contributed by atoms with Gasteiger partial charge in [0.25, 0.3) is 10.1 Å². The fourth-order valence-electron chi connectivity index (χ4n) is 1.48. The number of carbonyl (C=O) groups excluding carboxylic acids is 1. The number of hydrogen-bond donors (Lipinski definition) is 3. The number of rotatable bonds is 9. The first kappa shape index (κ1) is 18.8. The Balaban J connectivity index is 4.72. The van der Waals surface area contributed by atoms with E-state index in [-0.39, 0.29) is 19.0 Å². The van der Waals surface area contributed by atoms with Gasteiger partial charge >= 0.3 is 5.97 Å². The van der Waals surface area contributed by atoms with Crippen LogP contribution in [0, 0.1) is 5.92 Å². The lowest BCUT2D eigenvalue weighted by Crippen LogP contribution is -2.47. The van der Waals surface area contributed by atoms with E-state index in [2.05, 4.69) is 0 Å². The SMILES string of the molecule is CC(C)CCN(CCS(=O)(=O)O)C(=O)C(N)CC(=O)O. The summed E-state index contributed by atoms with van der Waals surface area (Å²) in [6, 6.07) is -1.22. The smallest absolute Gasteiger partial charge is 0.305 e. The van der Waals surface area contributed by atoms with Crippen molar-refractivity contribution in [1.29, 1.82) is 0 Å². The van der Waals surface area contributed by atoms with Gasteiger partial charge in [0, 0.05) is 13.1 Å². The zero-order valence-corrected chi connectivity index (χ0v) is 12.5. The third-order valence-electron chi connectivity index (χ3n) is 2.62. The van der Waals surface area contributed by atoms with E-state index in [1.807, 2.05) is 13.8 Å². The van der Waals surface area contributed by atoms with Crippen LogP contribution in [-0.4, -0.2) is 59.7 Å². The Labute approximate surface area is 118 Å². The molecule has 118 valence electrons. The van der Waals surface area contributed by atoms with Crippen LogP contribution in [0.3, 0.4) is 0 Å². The topological polar surface area (TPSA) is 138 Å². The van der Waals surface area contributed by atoms with Crippen LogP contribution in [0.4, 0.5) is 0 Å². The Morgan fingerprint density at radius 3 is 2.20 bits per heavy atom. The number of aliphatic carboxylic acids is 1. The predicted molar refractivity (Wildman–Crippen MR) is 72.7 cm³/mol. The molecule has 20 heavy (non-hydrogen) atoms. The minimum atomic E-state index is -4.19. The molecule has 0 aromatic heterocycles. The summed E-state index contributed by atoms with van der Waals surface area (Å²) < 4.78 is 30.2. The molecule has 0 aliphatic heterocycles. The monoisotopic (exact) mass is 310 g/mol. The van der Waals surface area contributed by atoms with Gasteiger partial charge in [-0.25, -0.2) is 0 Å². The minimum absolute atomic E-state index is 0.211. The van der Waals surface area contributed by atoms with Crippen LogP contribution in [0.5, 0.6) is 0 Å². The highest BCUT2D eigenvalue weighted by molar-refractivity contribution is 7.85. The average Bonchev–Trinajstić information content (AvgIpc) is 2.25. The summed E-state index contributed by atoms with van der Waals surface area (Å²) in [5.41, 5.74) is 5.48. The van der Waals surface area contributed by atoms with Crippen molar-refractivity contribution in [1.82, 2.24) is 4.90 Å². The first-order valence-electron chi connectivity index (χ1n) is 6.24. The zero-order valence-electron chi connectivity index (χ0n) is 11.7. The molecule has 0 radical (unpaired) electrons. The van der Waals surface area contributed by atoms with E-state index in [0.717, 1.165) is 0 Å². The van der Waals surface area contributed by atoms with Crippen molar-refractivity contribution in [3.8, 4) is 0 Å². The number of nitrogens with two attached hydrogens (primary N) is 1. The molecule has 1 unspecified atom stereocenters. The maximum Gasteiger partial charge on any atom is 0.305 e. The van der Waals surface area contributed by atoms with Crippen molar-refractivity contribution < 1.29 is 27.7 Å². The minimum Gasteiger partial charge on any atom is -0.481 e. The number of carboxylic acids is 1. The molecule has 1 amide bonds. The Kier molecular flexibility index (Phi) is 7.69. The molecule has 4 N–H and O–H groups in total. The molecule has 0 spiro atoms. The second-order valence-corrected chi connectivity index (χ2v) is 6.57. The summed E-state index contributed by atoms with van der Waals surface area (Å²) in [5, 5.41) is 8.61. The first-order valence-corrected chi connectivity index (χ1v) is 7.85. The van der Waals surface area contributed by atoms with E-state index in [1.54, 1.807) is 0 Å². The maximum absolute atomic E-state index is 12.0. The van der Waals surface area contributed by atoms with Crippen molar-refractivity contribution in [2.45, 2.75) is 32.7 Å². The Hall–Kier alpha value is -1.19. The highest BCUT2D eigenvalue weighted by Crippen LogP contribution is 2.05. The van der Waals surface area contributed by atoms with Gasteiger partial charge in [0.05, 0.1) is 18.2 Å². The van der Waals surface area contributed by atoms with Crippen LogP contribution in [-0.2, 0) is 19.7 Å². The lowest BCUT2D eigenvalue weighted by atomic mass is 10.1. The molecular formula is C11H22N2O6S. The first-order chi connectivity index (χ1) is 9.03. The number of nitrogens with zero attached hydrogens (tertiary/aromatic N) is 1. The fourth-order valence-corrected chi connectivity index (χ4v) is 1.93. The van der Waals surface area contributed by atoms with Gasteiger partial charge in [0.15, 0.2) is 0 Å². The Morgan fingerprint density at radius 1 is 1.25 bits per heavy atom. The third kappa shape index (κ3) is 8.83. The Morgan fingerprint density at radius 2 is 1.80 bits per heavy atom. The number of amides is 1. The van der Waals surface area contributed by atoms with Gasteiger partial charge in [-0.2, -0.15) is 8.42 Å². The largest absolute Gasteiger partial charge is 0.481 e. The van der Waals surface area contributed by atoms with Crippen LogP contribution < -0.4 is 5.73 Å². The van der Waals surface area contributed by atoms with Crippen LogP contribution in [0.1, 0.15) is 26.7 Å². The molecule has 1 atom stereocenters. The van der Waals surface area contributed by atoms with Crippen molar-refractivity contribution in [3.63, 3.8) is 0 Å². The predicted octanol–water partition coefficient (Wildman–Crippen LogP) is -0.449. The molecule has 0 saturated carbocycles. The van der Waals surface area contributed by atoms with Crippen LogP contribution in [0.25, 0.3) is 0 Å². The highest BCUT2D eigenvalue weighted by atomic mass is 32.2. The molecule has 9 heteroatoms. The van der Waals surface area contributed by atoms with Crippen molar-refractivity contribution >= 4 is 22.0 Å². The van der Waals surface area contributed by atoms with Gasteiger partial charge in [-0.1, -0.05) is 13.8 Å². The number of carboxylic acid groups (broad SMARTS) is 1. The van der Waals surface area contributed by atoms with Gasteiger partial charge in [-0.05, 0) is 12.3 Å². The molecule has 0 aliphatic carbocycles. The normalized spacial score (nSPS) is 13.2. The van der Waals surface area contributed by atoms with E-state index in [0.29, 0.717) is 6.42 Å². The van der Waals surface area contributed by atoms with E-state index in [9.17, 15) is 18.0 Å². The second-order valence-electron chi connectivity index (χ2n) is 5.00. The van der Waals surface area contributed by atoms with Crippen molar-refractivity contribution in [2.75, 3.05) is 18.8 Å². The number of hydrogen-bond acceptors (Lipinski definition) is 5. The summed E-state index contributed by atoms with van der Waals surface area (Å²) in [7, 11) is -4.19. The molecule has 0 heterocycles. The van der Waals surface area contributed by atoms with E-state index in [4.69, 9.17) is 15.4 Å². The summed E-state index contributed by atoms with van der Waals surface area (Å²) in [5.74, 6) is -2.15. The third-order valence-corrected chi connectivity index (χ3v) is 3.32. The average molecular weight is 310 g/mol. The van der Waals surface area contributed by atoms with E-state index in [1.165, 1.54) is 4.90 Å². The van der Waals surface area contributed by atoms with Gasteiger partial charge in [-0.15, -0.1) is 0 Å². The van der Waals surface area contributed by atoms with Gasteiger partial charge in [-0.3, -0.25) is 14.1 Å². The fraction of sp³-hybridized carbons (Fsp3) is 0.818. The molecule has 0 aliphatic rings. The van der Waals surface area contributed by atoms with Gasteiger partial charge in [0.2, 0.25) is 5.91 Å². The molecule has 0 aromatic carbocycles. The van der Waals surface area contributed by atoms with Crippen LogP contribution in [0.15, 0.2) is 0 Å². The summed E-state index contributed by atoms with van der Waals surface area (Å²) in [4.78, 5) is 23.7. The highest BCUT2D eigenvalue weighted by Gasteiger charge is 2.24. The van der Waals surface area contributed by atoms with E-state index >= 15 is 0 Å². The molecule has 0 aromatic rings. The summed E-state index contributed by atoms with van der Waals surface area (Å²) in [6.45, 7) is 3.92. The van der Waals surface area contributed by atoms with Crippen LogP contribution >= 0.6 is 0 Å². The van der Waals surface area contributed by atoms with Gasteiger partial charge in [0.1, 0.15) is 0 Å². The Bertz CT molecular complexity index is 434. The molecular weight excluding hydrogens is 288 g/mol. The molecule has 8 nitrogen and oxygen atoms in total. The van der Waals surface area contributed by atoms with Crippen molar-refractivity contribution in [2.24, 2.45) is 11.7 Å². The lowest BCUT2D eigenvalue weighted by Gasteiger charge is -2.25. The zero-order chi connectivity index (χ0) is 15.9. The molecule has 0 fully saturated rings. The maximum atomic E-state index is 12.0. The molecule has 0 rings (SSSR count). The molecule has 0 saturated heterocycles. The second kappa shape index (κ2) is 8.18. The lowest BCUT2D eigenvalue weighted by molar-refractivity contribution is -0.142.